The van der Waals surface area contributed by atoms with Crippen molar-refractivity contribution in [3.8, 4) is 0 Å². The van der Waals surface area contributed by atoms with Crippen molar-refractivity contribution in [1.29, 1.82) is 0 Å². The molecule has 2 rings (SSSR count). The summed E-state index contributed by atoms with van der Waals surface area (Å²) in [6.07, 6.45) is 0.715. The highest BCUT2D eigenvalue weighted by Crippen LogP contribution is 2.17. The lowest BCUT2D eigenvalue weighted by atomic mass is 10.1. The molecule has 1 aliphatic rings. The molecule has 24 heavy (non-hydrogen) atoms. The molecule has 132 valence electrons. The third-order valence-corrected chi connectivity index (χ3v) is 3.98. The first kappa shape index (κ1) is 18.1. The predicted molar refractivity (Wildman–Crippen MR) is 89.5 cm³/mol. The zero-order valence-corrected chi connectivity index (χ0v) is 14.5. The molecule has 1 aromatic heterocycles. The second-order valence-corrected chi connectivity index (χ2v) is 6.42. The number of likely N-dealkylation sites (tertiary alicyclic amines) is 1. The molecule has 1 fully saturated rings. The van der Waals surface area contributed by atoms with Crippen LogP contribution in [-0.2, 0) is 16.0 Å². The van der Waals surface area contributed by atoms with Gasteiger partial charge in [0.1, 0.15) is 5.82 Å². The van der Waals surface area contributed by atoms with Gasteiger partial charge in [0.15, 0.2) is 0 Å². The Kier molecular flexibility index (Phi) is 6.08. The molecule has 2 N–H and O–H groups in total. The van der Waals surface area contributed by atoms with Gasteiger partial charge in [-0.05, 0) is 21.0 Å². The number of rotatable bonds is 7. The van der Waals surface area contributed by atoms with Crippen LogP contribution in [0.15, 0.2) is 10.9 Å². The van der Waals surface area contributed by atoms with Crippen LogP contribution in [0.2, 0.25) is 0 Å². The summed E-state index contributed by atoms with van der Waals surface area (Å²) < 4.78 is 0. The van der Waals surface area contributed by atoms with Gasteiger partial charge in [0.05, 0.1) is 5.92 Å². The Bertz CT molecular complexity index is 655. The van der Waals surface area contributed by atoms with E-state index in [0.29, 0.717) is 37.6 Å². The van der Waals surface area contributed by atoms with Gasteiger partial charge in [-0.3, -0.25) is 14.4 Å². The first-order valence-corrected chi connectivity index (χ1v) is 8.12. The number of carbonyl (C=O) groups is 2. The average molecular weight is 335 g/mol. The summed E-state index contributed by atoms with van der Waals surface area (Å²) in [6.45, 7) is 4.03. The molecule has 1 aromatic rings. The van der Waals surface area contributed by atoms with Crippen LogP contribution in [0, 0.1) is 12.8 Å². The number of hydrogen-bond donors (Lipinski definition) is 2. The van der Waals surface area contributed by atoms with Crippen molar-refractivity contribution >= 4 is 11.8 Å². The zero-order valence-electron chi connectivity index (χ0n) is 14.5. The van der Waals surface area contributed by atoms with E-state index in [2.05, 4.69) is 15.3 Å². The summed E-state index contributed by atoms with van der Waals surface area (Å²) in [5.74, 6) is 0.159. The zero-order chi connectivity index (χ0) is 17.7. The Morgan fingerprint density at radius 1 is 1.46 bits per heavy atom. The number of carbonyl (C=O) groups excluding carboxylic acids is 2. The van der Waals surface area contributed by atoms with Gasteiger partial charge in [0, 0.05) is 50.8 Å². The lowest BCUT2D eigenvalue weighted by molar-refractivity contribution is -0.129. The van der Waals surface area contributed by atoms with Gasteiger partial charge >= 0.3 is 0 Å². The first-order chi connectivity index (χ1) is 11.3. The molecular weight excluding hydrogens is 310 g/mol. The number of likely N-dealkylation sites (N-methyl/N-ethyl adjacent to an activating group) is 1. The van der Waals surface area contributed by atoms with Crippen molar-refractivity contribution in [2.45, 2.75) is 19.8 Å². The van der Waals surface area contributed by atoms with Crippen LogP contribution in [-0.4, -0.2) is 71.9 Å². The second-order valence-electron chi connectivity index (χ2n) is 6.42. The van der Waals surface area contributed by atoms with E-state index in [1.165, 1.54) is 6.07 Å². The van der Waals surface area contributed by atoms with E-state index in [1.54, 1.807) is 11.8 Å². The lowest BCUT2D eigenvalue weighted by Gasteiger charge is -2.19. The van der Waals surface area contributed by atoms with E-state index in [-0.39, 0.29) is 29.7 Å². The van der Waals surface area contributed by atoms with Crippen molar-refractivity contribution in [3.05, 3.63) is 27.9 Å². The molecule has 1 aliphatic heterocycles. The molecule has 0 unspecified atom stereocenters. The molecule has 2 amide bonds. The number of amides is 2. The number of nitrogens with one attached hydrogen (secondary N) is 2. The maximum absolute atomic E-state index is 12.2. The topological polar surface area (TPSA) is 98.4 Å². The van der Waals surface area contributed by atoms with Gasteiger partial charge < -0.3 is 20.1 Å². The van der Waals surface area contributed by atoms with Crippen molar-refractivity contribution in [2.24, 2.45) is 5.92 Å². The molecule has 0 aliphatic carbocycles. The van der Waals surface area contributed by atoms with Crippen LogP contribution in [0.5, 0.6) is 0 Å². The first-order valence-electron chi connectivity index (χ1n) is 8.12. The van der Waals surface area contributed by atoms with Crippen LogP contribution in [0.3, 0.4) is 0 Å². The maximum Gasteiger partial charge on any atom is 0.251 e. The molecule has 0 spiro atoms. The Morgan fingerprint density at radius 2 is 2.21 bits per heavy atom. The monoisotopic (exact) mass is 335 g/mol. The normalized spacial score (nSPS) is 17.6. The SMILES string of the molecule is Cc1cc(=O)[nH]c(CCNC(=O)[C@H]2CC(=O)N(CCN(C)C)C2)n1. The lowest BCUT2D eigenvalue weighted by Crippen LogP contribution is -2.36. The molecule has 0 saturated carbocycles. The number of aromatic amines is 1. The molecule has 8 heteroatoms. The second kappa shape index (κ2) is 8.05. The molecule has 0 radical (unpaired) electrons. The smallest absolute Gasteiger partial charge is 0.251 e. The van der Waals surface area contributed by atoms with Crippen molar-refractivity contribution in [1.82, 2.24) is 25.1 Å². The highest BCUT2D eigenvalue weighted by atomic mass is 16.2. The van der Waals surface area contributed by atoms with Crippen LogP contribution in [0.25, 0.3) is 0 Å². The molecule has 1 atom stereocenters. The molecule has 0 aromatic carbocycles. The molecule has 1 saturated heterocycles. The average Bonchev–Trinajstić information content (AvgIpc) is 2.85. The molecule has 8 nitrogen and oxygen atoms in total. The van der Waals surface area contributed by atoms with E-state index in [0.717, 1.165) is 6.54 Å². The van der Waals surface area contributed by atoms with Crippen molar-refractivity contribution < 1.29 is 9.59 Å². The number of aryl methyl sites for hydroxylation is 1. The number of hydrogen-bond acceptors (Lipinski definition) is 5. The molecule has 0 bridgehead atoms. The fourth-order valence-corrected chi connectivity index (χ4v) is 2.69. The summed E-state index contributed by atoms with van der Waals surface area (Å²) in [5.41, 5.74) is 0.458. The Hall–Kier alpha value is -2.22. The van der Waals surface area contributed by atoms with Crippen LogP contribution < -0.4 is 10.9 Å². The Balaban J connectivity index is 1.78. The largest absolute Gasteiger partial charge is 0.355 e. The summed E-state index contributed by atoms with van der Waals surface area (Å²) in [7, 11) is 3.91. The minimum atomic E-state index is -0.302. The minimum absolute atomic E-state index is 0.0293. The number of aromatic nitrogens is 2. The van der Waals surface area contributed by atoms with Crippen molar-refractivity contribution in [2.75, 3.05) is 40.3 Å². The Morgan fingerprint density at radius 3 is 2.88 bits per heavy atom. The summed E-state index contributed by atoms with van der Waals surface area (Å²) >= 11 is 0. The van der Waals surface area contributed by atoms with Crippen LogP contribution in [0.1, 0.15) is 17.9 Å². The Labute approximate surface area is 141 Å². The third kappa shape index (κ3) is 5.16. The summed E-state index contributed by atoms with van der Waals surface area (Å²) in [4.78, 5) is 46.1. The van der Waals surface area contributed by atoms with Gasteiger partial charge in [-0.2, -0.15) is 0 Å². The van der Waals surface area contributed by atoms with Gasteiger partial charge in [-0.15, -0.1) is 0 Å². The van der Waals surface area contributed by atoms with E-state index in [4.69, 9.17) is 0 Å². The quantitative estimate of drug-likeness (QED) is 0.676. The van der Waals surface area contributed by atoms with Crippen molar-refractivity contribution in [3.63, 3.8) is 0 Å². The molecular formula is C16H25N5O3. The van der Waals surface area contributed by atoms with Crippen LogP contribution in [0.4, 0.5) is 0 Å². The third-order valence-electron chi connectivity index (χ3n) is 3.98. The number of H-pyrrole nitrogens is 1. The van der Waals surface area contributed by atoms with Gasteiger partial charge in [-0.25, -0.2) is 4.98 Å². The highest BCUT2D eigenvalue weighted by Gasteiger charge is 2.33. The molecule has 2 heterocycles. The van der Waals surface area contributed by atoms with Gasteiger partial charge in [0.2, 0.25) is 11.8 Å². The van der Waals surface area contributed by atoms with E-state index in [9.17, 15) is 14.4 Å². The van der Waals surface area contributed by atoms with Gasteiger partial charge in [-0.1, -0.05) is 0 Å². The van der Waals surface area contributed by atoms with Gasteiger partial charge in [0.25, 0.3) is 5.56 Å². The highest BCUT2D eigenvalue weighted by molar-refractivity contribution is 5.89. The minimum Gasteiger partial charge on any atom is -0.355 e. The van der Waals surface area contributed by atoms with Crippen LogP contribution >= 0.6 is 0 Å². The fourth-order valence-electron chi connectivity index (χ4n) is 2.69. The standard InChI is InChI=1S/C16H25N5O3/c1-11-8-14(22)19-13(18-11)4-5-17-16(24)12-9-15(23)21(10-12)7-6-20(2)3/h8,12H,4-7,9-10H2,1-3H3,(H,17,24)(H,18,19,22)/t12-/m0/s1. The maximum atomic E-state index is 12.2. The fraction of sp³-hybridized carbons (Fsp3) is 0.625. The van der Waals surface area contributed by atoms with E-state index < -0.39 is 0 Å². The number of nitrogens with zero attached hydrogens (tertiary/aromatic N) is 3. The van der Waals surface area contributed by atoms with E-state index in [1.807, 2.05) is 19.0 Å². The van der Waals surface area contributed by atoms with E-state index >= 15 is 0 Å². The predicted octanol–water partition coefficient (Wildman–Crippen LogP) is -0.853. The summed E-state index contributed by atoms with van der Waals surface area (Å²) in [5, 5.41) is 2.83. The summed E-state index contributed by atoms with van der Waals surface area (Å²) in [6, 6.07) is 1.43.